The van der Waals surface area contributed by atoms with Gasteiger partial charge >= 0.3 is 0 Å². The molecule has 2 nitrogen and oxygen atoms in total. The number of hydrogen-bond acceptors (Lipinski definition) is 1. The molecule has 1 rings (SSSR count). The first-order valence-electron chi connectivity index (χ1n) is 3.81. The summed E-state index contributed by atoms with van der Waals surface area (Å²) in [5.74, 6) is 0. The highest BCUT2D eigenvalue weighted by molar-refractivity contribution is 6.64. The molecule has 0 radical (unpaired) electrons. The lowest BCUT2D eigenvalue weighted by Gasteiger charge is -1.96. The van der Waals surface area contributed by atoms with E-state index in [0.717, 1.165) is 12.1 Å². The largest absolute Gasteiger partial charge is 0.374 e. The van der Waals surface area contributed by atoms with Crippen LogP contribution in [0.4, 0.5) is 5.69 Å². The fraction of sp³-hybridized carbons (Fsp3) is 0.222. The Kier molecular flexibility index (Phi) is 3.11. The fourth-order valence-corrected chi connectivity index (χ4v) is 1.03. The molecule has 0 aromatic heterocycles. The highest BCUT2D eigenvalue weighted by Gasteiger charge is 1.90. The summed E-state index contributed by atoms with van der Waals surface area (Å²) in [4.78, 5) is 3.89. The Hall–Kier alpha value is -1.02. The Labute approximate surface area is 77.1 Å². The minimum atomic E-state index is 0.0687. The van der Waals surface area contributed by atoms with Gasteiger partial charge in [-0.05, 0) is 35.7 Å². The number of halogens is 1. The molecule has 0 atom stereocenters. The second-order valence-corrected chi connectivity index (χ2v) is 2.84. The maximum absolute atomic E-state index is 5.41. The SMILES string of the molecule is CCc1ccc(N=C(N)Cl)cc1. The number of benzene rings is 1. The van der Waals surface area contributed by atoms with E-state index in [0.29, 0.717) is 0 Å². The van der Waals surface area contributed by atoms with Crippen LogP contribution < -0.4 is 5.73 Å². The lowest BCUT2D eigenvalue weighted by molar-refractivity contribution is 1.14. The average molecular weight is 183 g/mol. The van der Waals surface area contributed by atoms with Gasteiger partial charge in [0.1, 0.15) is 0 Å². The summed E-state index contributed by atoms with van der Waals surface area (Å²) in [6.45, 7) is 2.11. The van der Waals surface area contributed by atoms with Gasteiger partial charge in [0.05, 0.1) is 5.69 Å². The predicted molar refractivity (Wildman–Crippen MR) is 53.0 cm³/mol. The highest BCUT2D eigenvalue weighted by atomic mass is 35.5. The van der Waals surface area contributed by atoms with E-state index in [1.807, 2.05) is 24.3 Å². The molecule has 2 N–H and O–H groups in total. The maximum atomic E-state index is 5.41. The standard InChI is InChI=1S/C9H11ClN2/c1-2-7-3-5-8(6-4-7)12-9(10)11/h3-6H,2H2,1H3,(H2,11,12). The van der Waals surface area contributed by atoms with Gasteiger partial charge in [0.15, 0.2) is 5.29 Å². The molecule has 0 amide bonds. The molecule has 0 saturated carbocycles. The van der Waals surface area contributed by atoms with Gasteiger partial charge in [-0.3, -0.25) is 0 Å². The van der Waals surface area contributed by atoms with Gasteiger partial charge < -0.3 is 5.73 Å². The lowest BCUT2D eigenvalue weighted by atomic mass is 10.2. The molecule has 0 aliphatic heterocycles. The van der Waals surface area contributed by atoms with E-state index in [-0.39, 0.29) is 5.29 Å². The average Bonchev–Trinajstić information content (AvgIpc) is 2.05. The second kappa shape index (κ2) is 4.12. The zero-order valence-electron chi connectivity index (χ0n) is 6.92. The van der Waals surface area contributed by atoms with Crippen LogP contribution in [-0.2, 0) is 6.42 Å². The van der Waals surface area contributed by atoms with Gasteiger partial charge in [0, 0.05) is 0 Å². The van der Waals surface area contributed by atoms with E-state index in [1.54, 1.807) is 0 Å². The molecule has 64 valence electrons. The van der Waals surface area contributed by atoms with Crippen LogP contribution in [0.25, 0.3) is 0 Å². The zero-order valence-corrected chi connectivity index (χ0v) is 7.67. The summed E-state index contributed by atoms with van der Waals surface area (Å²) in [6.07, 6.45) is 1.03. The first-order chi connectivity index (χ1) is 5.72. The number of hydrogen-bond donors (Lipinski definition) is 1. The Morgan fingerprint density at radius 2 is 2.00 bits per heavy atom. The Morgan fingerprint density at radius 3 is 2.42 bits per heavy atom. The van der Waals surface area contributed by atoms with Crippen LogP contribution >= 0.6 is 11.6 Å². The molecule has 3 heteroatoms. The van der Waals surface area contributed by atoms with Crippen LogP contribution in [0.1, 0.15) is 12.5 Å². The molecule has 0 aliphatic carbocycles. The Bertz CT molecular complexity index is 273. The molecule has 1 aromatic carbocycles. The highest BCUT2D eigenvalue weighted by Crippen LogP contribution is 2.13. The van der Waals surface area contributed by atoms with Crippen molar-refractivity contribution in [3.63, 3.8) is 0 Å². The van der Waals surface area contributed by atoms with Crippen LogP contribution in [0.2, 0.25) is 0 Å². The number of amidine groups is 1. The molecule has 0 fully saturated rings. The molecule has 0 bridgehead atoms. The number of nitrogens with two attached hydrogens (primary N) is 1. The van der Waals surface area contributed by atoms with E-state index in [1.165, 1.54) is 5.56 Å². The van der Waals surface area contributed by atoms with E-state index in [4.69, 9.17) is 17.3 Å². The number of aryl methyl sites for hydroxylation is 1. The summed E-state index contributed by atoms with van der Waals surface area (Å²) in [6, 6.07) is 7.82. The van der Waals surface area contributed by atoms with Crippen LogP contribution in [0.15, 0.2) is 29.3 Å². The third-order valence-electron chi connectivity index (χ3n) is 1.58. The summed E-state index contributed by atoms with van der Waals surface area (Å²) in [5.41, 5.74) is 7.28. The second-order valence-electron chi connectivity index (χ2n) is 2.45. The third kappa shape index (κ3) is 2.55. The van der Waals surface area contributed by atoms with Crippen molar-refractivity contribution in [1.82, 2.24) is 0 Å². The van der Waals surface area contributed by atoms with E-state index >= 15 is 0 Å². The molecule has 0 aliphatic rings. The van der Waals surface area contributed by atoms with Crippen molar-refractivity contribution in [2.24, 2.45) is 10.7 Å². The normalized spacial score (nSPS) is 11.7. The maximum Gasteiger partial charge on any atom is 0.193 e. The Balaban J connectivity index is 2.85. The quantitative estimate of drug-likeness (QED) is 0.426. The predicted octanol–water partition coefficient (Wildman–Crippen LogP) is 2.43. The lowest BCUT2D eigenvalue weighted by Crippen LogP contribution is -1.99. The van der Waals surface area contributed by atoms with Crippen molar-refractivity contribution in [1.29, 1.82) is 0 Å². The minimum Gasteiger partial charge on any atom is -0.374 e. The number of aliphatic imine (C=N–C) groups is 1. The minimum absolute atomic E-state index is 0.0687. The first kappa shape index (κ1) is 9.07. The van der Waals surface area contributed by atoms with Gasteiger partial charge in [0.25, 0.3) is 0 Å². The van der Waals surface area contributed by atoms with Crippen molar-refractivity contribution in [2.75, 3.05) is 0 Å². The van der Waals surface area contributed by atoms with Gasteiger partial charge in [0.2, 0.25) is 0 Å². The molecule has 0 saturated heterocycles. The summed E-state index contributed by atoms with van der Waals surface area (Å²) in [5, 5.41) is 0.0687. The van der Waals surface area contributed by atoms with Crippen LogP contribution in [0.5, 0.6) is 0 Å². The molecular weight excluding hydrogens is 172 g/mol. The first-order valence-corrected chi connectivity index (χ1v) is 4.18. The monoisotopic (exact) mass is 182 g/mol. The van der Waals surface area contributed by atoms with Crippen molar-refractivity contribution >= 4 is 22.6 Å². The van der Waals surface area contributed by atoms with Crippen molar-refractivity contribution in [3.05, 3.63) is 29.8 Å². The molecule has 12 heavy (non-hydrogen) atoms. The van der Waals surface area contributed by atoms with Crippen molar-refractivity contribution < 1.29 is 0 Å². The van der Waals surface area contributed by atoms with Gasteiger partial charge in [-0.1, -0.05) is 19.1 Å². The van der Waals surface area contributed by atoms with Crippen LogP contribution in [-0.4, -0.2) is 5.29 Å². The molecular formula is C9H11ClN2. The van der Waals surface area contributed by atoms with Crippen molar-refractivity contribution in [2.45, 2.75) is 13.3 Å². The fourth-order valence-electron chi connectivity index (χ4n) is 0.930. The summed E-state index contributed by atoms with van der Waals surface area (Å²) >= 11 is 5.41. The van der Waals surface area contributed by atoms with Crippen LogP contribution in [0, 0.1) is 0 Å². The van der Waals surface area contributed by atoms with Gasteiger partial charge in [-0.25, -0.2) is 4.99 Å². The molecule has 0 heterocycles. The van der Waals surface area contributed by atoms with Crippen molar-refractivity contribution in [3.8, 4) is 0 Å². The van der Waals surface area contributed by atoms with E-state index < -0.39 is 0 Å². The van der Waals surface area contributed by atoms with E-state index in [9.17, 15) is 0 Å². The summed E-state index contributed by atoms with van der Waals surface area (Å²) < 4.78 is 0. The third-order valence-corrected chi connectivity index (χ3v) is 1.67. The topological polar surface area (TPSA) is 38.4 Å². The zero-order chi connectivity index (χ0) is 8.97. The number of rotatable bonds is 2. The molecule has 0 unspecified atom stereocenters. The smallest absolute Gasteiger partial charge is 0.193 e. The number of nitrogens with zero attached hydrogens (tertiary/aromatic N) is 1. The van der Waals surface area contributed by atoms with Gasteiger partial charge in [-0.15, -0.1) is 0 Å². The van der Waals surface area contributed by atoms with Crippen LogP contribution in [0.3, 0.4) is 0 Å². The Morgan fingerprint density at radius 1 is 1.42 bits per heavy atom. The molecule has 0 spiro atoms. The van der Waals surface area contributed by atoms with Gasteiger partial charge in [-0.2, -0.15) is 0 Å². The summed E-state index contributed by atoms with van der Waals surface area (Å²) in [7, 11) is 0. The molecule has 1 aromatic rings. The van der Waals surface area contributed by atoms with E-state index in [2.05, 4.69) is 11.9 Å².